The van der Waals surface area contributed by atoms with Crippen LogP contribution < -0.4 is 0 Å². The Kier molecular flexibility index (Phi) is 2.04. The fourth-order valence-corrected chi connectivity index (χ4v) is 1.62. The van der Waals surface area contributed by atoms with Crippen LogP contribution in [-0.2, 0) is 4.79 Å². The first-order chi connectivity index (χ1) is 5.42. The van der Waals surface area contributed by atoms with Gasteiger partial charge in [0.15, 0.2) is 0 Å². The quantitative estimate of drug-likeness (QED) is 0.461. The Morgan fingerprint density at radius 2 is 1.92 bits per heavy atom. The van der Waals surface area contributed by atoms with Crippen LogP contribution in [0.2, 0.25) is 0 Å². The summed E-state index contributed by atoms with van der Waals surface area (Å²) in [7, 11) is 0. The van der Waals surface area contributed by atoms with Gasteiger partial charge in [-0.25, -0.2) is 4.79 Å². The number of nitrogens with zero attached hydrogens (tertiary/aromatic N) is 2. The fraction of sp³-hybridized carbons (Fsp3) is 0.714. The van der Waals surface area contributed by atoms with E-state index in [-0.39, 0.29) is 5.91 Å². The minimum atomic E-state index is -0.798. The van der Waals surface area contributed by atoms with Crippen molar-refractivity contribution < 1.29 is 9.59 Å². The van der Waals surface area contributed by atoms with E-state index >= 15 is 0 Å². The highest BCUT2D eigenvalue weighted by molar-refractivity contribution is 6.33. The molecule has 0 spiro atoms. The number of amides is 3. The van der Waals surface area contributed by atoms with Gasteiger partial charge >= 0.3 is 6.03 Å². The molecule has 0 aliphatic carbocycles. The van der Waals surface area contributed by atoms with Gasteiger partial charge in [-0.2, -0.15) is 4.42 Å². The maximum absolute atomic E-state index is 11.3. The highest BCUT2D eigenvalue weighted by atomic mass is 35.5. The average Bonchev–Trinajstić information content (AvgIpc) is 2.13. The number of halogens is 1. The molecule has 68 valence electrons. The Labute approximate surface area is 76.2 Å². The summed E-state index contributed by atoms with van der Waals surface area (Å²) in [5.74, 6) is -0.365. The second-order valence-corrected chi connectivity index (χ2v) is 3.51. The van der Waals surface area contributed by atoms with Crippen molar-refractivity contribution in [2.75, 3.05) is 6.54 Å². The zero-order chi connectivity index (χ0) is 9.52. The van der Waals surface area contributed by atoms with Gasteiger partial charge in [0.25, 0.3) is 5.91 Å². The van der Waals surface area contributed by atoms with Crippen molar-refractivity contribution in [3.05, 3.63) is 0 Å². The van der Waals surface area contributed by atoms with Crippen LogP contribution in [0.4, 0.5) is 4.79 Å². The molecule has 1 aliphatic heterocycles. The summed E-state index contributed by atoms with van der Waals surface area (Å²) in [4.78, 5) is 24.0. The van der Waals surface area contributed by atoms with Crippen molar-refractivity contribution in [3.8, 4) is 0 Å². The highest BCUT2D eigenvalue weighted by Crippen LogP contribution is 2.28. The van der Waals surface area contributed by atoms with Crippen LogP contribution in [0.5, 0.6) is 0 Å². The third-order valence-corrected chi connectivity index (χ3v) is 2.39. The van der Waals surface area contributed by atoms with Crippen LogP contribution >= 0.6 is 11.8 Å². The third kappa shape index (κ3) is 0.982. The van der Waals surface area contributed by atoms with E-state index in [9.17, 15) is 9.59 Å². The fourth-order valence-electron chi connectivity index (χ4n) is 1.32. The first kappa shape index (κ1) is 9.32. The van der Waals surface area contributed by atoms with E-state index in [4.69, 9.17) is 11.8 Å². The predicted molar refractivity (Wildman–Crippen MR) is 44.6 cm³/mol. The minimum Gasteiger partial charge on any atom is -0.309 e. The summed E-state index contributed by atoms with van der Waals surface area (Å²) >= 11 is 5.46. The lowest BCUT2D eigenvalue weighted by molar-refractivity contribution is -0.128. The lowest BCUT2D eigenvalue weighted by Gasteiger charge is -2.25. The maximum Gasteiger partial charge on any atom is 0.342 e. The van der Waals surface area contributed by atoms with E-state index < -0.39 is 11.6 Å². The zero-order valence-corrected chi connectivity index (χ0v) is 8.05. The van der Waals surface area contributed by atoms with Crippen LogP contribution in [0.25, 0.3) is 0 Å². The molecular weight excluding hydrogens is 180 g/mol. The van der Waals surface area contributed by atoms with Gasteiger partial charge in [0.1, 0.15) is 5.54 Å². The number of imide groups is 1. The molecule has 1 aliphatic rings. The standard InChI is InChI=1S/C7H11ClN2O2/c1-4-9-6(12)10(8)5(11)7(9,2)3/h4H2,1-3H3. The Balaban J connectivity index is 3.04. The number of rotatable bonds is 1. The monoisotopic (exact) mass is 190 g/mol. The molecule has 0 unspecified atom stereocenters. The molecule has 0 aromatic heterocycles. The molecule has 0 aromatic rings. The second-order valence-electron chi connectivity index (χ2n) is 3.17. The number of urea groups is 1. The molecule has 1 saturated heterocycles. The second kappa shape index (κ2) is 2.62. The number of carbonyl (C=O) groups excluding carboxylic acids is 2. The molecule has 1 rings (SSSR count). The van der Waals surface area contributed by atoms with E-state index in [1.165, 1.54) is 4.90 Å². The topological polar surface area (TPSA) is 40.6 Å². The highest BCUT2D eigenvalue weighted by Gasteiger charge is 2.50. The first-order valence-electron chi connectivity index (χ1n) is 3.75. The maximum atomic E-state index is 11.3. The van der Waals surface area contributed by atoms with Gasteiger partial charge < -0.3 is 4.90 Å². The summed E-state index contributed by atoms with van der Waals surface area (Å²) in [6.07, 6.45) is 0. The zero-order valence-electron chi connectivity index (χ0n) is 7.30. The van der Waals surface area contributed by atoms with E-state index in [2.05, 4.69) is 0 Å². The van der Waals surface area contributed by atoms with Crippen molar-refractivity contribution in [2.45, 2.75) is 26.3 Å². The Morgan fingerprint density at radius 1 is 1.42 bits per heavy atom. The molecule has 12 heavy (non-hydrogen) atoms. The summed E-state index contributed by atoms with van der Waals surface area (Å²) in [5, 5.41) is 0. The summed E-state index contributed by atoms with van der Waals surface area (Å²) in [6, 6.07) is -0.436. The Hall–Kier alpha value is -0.770. The van der Waals surface area contributed by atoms with Crippen molar-refractivity contribution in [2.24, 2.45) is 0 Å². The van der Waals surface area contributed by atoms with E-state index in [0.717, 1.165) is 0 Å². The van der Waals surface area contributed by atoms with Gasteiger partial charge in [0, 0.05) is 18.3 Å². The smallest absolute Gasteiger partial charge is 0.309 e. The molecule has 1 fully saturated rings. The number of hydrogen-bond donors (Lipinski definition) is 0. The Bertz CT molecular complexity index is 240. The molecule has 5 heteroatoms. The largest absolute Gasteiger partial charge is 0.342 e. The molecule has 0 aromatic carbocycles. The summed E-state index contributed by atoms with van der Waals surface area (Å²) < 4.78 is 0.642. The predicted octanol–water partition coefficient (Wildman–Crippen LogP) is 1.20. The molecular formula is C7H11ClN2O2. The van der Waals surface area contributed by atoms with Crippen LogP contribution in [0.15, 0.2) is 0 Å². The van der Waals surface area contributed by atoms with E-state index in [1.807, 2.05) is 6.92 Å². The average molecular weight is 191 g/mol. The number of hydrogen-bond acceptors (Lipinski definition) is 2. The van der Waals surface area contributed by atoms with Crippen molar-refractivity contribution in [3.63, 3.8) is 0 Å². The molecule has 0 radical (unpaired) electrons. The molecule has 3 amide bonds. The first-order valence-corrected chi connectivity index (χ1v) is 4.08. The van der Waals surface area contributed by atoms with Gasteiger partial charge in [-0.15, -0.1) is 0 Å². The molecule has 0 saturated carbocycles. The summed E-state index contributed by atoms with van der Waals surface area (Å²) in [5.41, 5.74) is -0.798. The number of carbonyl (C=O) groups is 2. The minimum absolute atomic E-state index is 0.365. The van der Waals surface area contributed by atoms with Crippen molar-refractivity contribution in [1.82, 2.24) is 9.32 Å². The van der Waals surface area contributed by atoms with Crippen molar-refractivity contribution >= 4 is 23.7 Å². The SMILES string of the molecule is CCN1C(=O)N(Cl)C(=O)C1(C)C. The molecule has 1 heterocycles. The van der Waals surface area contributed by atoms with Crippen LogP contribution in [0, 0.1) is 0 Å². The normalized spacial score (nSPS) is 22.3. The molecule has 0 N–H and O–H groups in total. The van der Waals surface area contributed by atoms with Crippen LogP contribution in [0.3, 0.4) is 0 Å². The Morgan fingerprint density at radius 3 is 2.08 bits per heavy atom. The van der Waals surface area contributed by atoms with Crippen molar-refractivity contribution in [1.29, 1.82) is 0 Å². The van der Waals surface area contributed by atoms with Gasteiger partial charge in [0.2, 0.25) is 0 Å². The van der Waals surface area contributed by atoms with Crippen LogP contribution in [0.1, 0.15) is 20.8 Å². The third-order valence-electron chi connectivity index (χ3n) is 2.09. The lowest BCUT2D eigenvalue weighted by atomic mass is 10.1. The summed E-state index contributed by atoms with van der Waals surface area (Å²) in [6.45, 7) is 5.65. The van der Waals surface area contributed by atoms with Gasteiger partial charge in [-0.3, -0.25) is 4.79 Å². The van der Waals surface area contributed by atoms with E-state index in [0.29, 0.717) is 11.0 Å². The van der Waals surface area contributed by atoms with Gasteiger partial charge in [-0.05, 0) is 20.8 Å². The number of likely N-dealkylation sites (N-methyl/N-ethyl adjacent to an activating group) is 1. The molecule has 4 nitrogen and oxygen atoms in total. The molecule has 0 bridgehead atoms. The van der Waals surface area contributed by atoms with E-state index in [1.54, 1.807) is 13.8 Å². The van der Waals surface area contributed by atoms with Crippen LogP contribution in [-0.4, -0.2) is 33.3 Å². The molecule has 0 atom stereocenters. The van der Waals surface area contributed by atoms with Gasteiger partial charge in [0.05, 0.1) is 0 Å². The lowest BCUT2D eigenvalue weighted by Crippen LogP contribution is -2.43. The van der Waals surface area contributed by atoms with Gasteiger partial charge in [-0.1, -0.05) is 0 Å².